The lowest BCUT2D eigenvalue weighted by Gasteiger charge is -2.42. The normalized spacial score (nSPS) is 15.5. The lowest BCUT2D eigenvalue weighted by Crippen LogP contribution is -2.57. The van der Waals surface area contributed by atoms with Gasteiger partial charge in [-0.3, -0.25) is 4.79 Å². The lowest BCUT2D eigenvalue weighted by molar-refractivity contribution is -0.920. The molecule has 1 amide bonds. The van der Waals surface area contributed by atoms with E-state index >= 15 is 0 Å². The van der Waals surface area contributed by atoms with Gasteiger partial charge in [-0.15, -0.1) is 0 Å². The highest BCUT2D eigenvalue weighted by molar-refractivity contribution is 5.79. The van der Waals surface area contributed by atoms with Gasteiger partial charge < -0.3 is 16.0 Å². The zero-order valence-electron chi connectivity index (χ0n) is 9.29. The van der Waals surface area contributed by atoms with Crippen molar-refractivity contribution in [2.75, 3.05) is 21.1 Å². The van der Waals surface area contributed by atoms with E-state index in [4.69, 9.17) is 11.5 Å². The van der Waals surface area contributed by atoms with Gasteiger partial charge in [-0.2, -0.15) is 0 Å². The Labute approximate surface area is 80.5 Å². The van der Waals surface area contributed by atoms with Crippen molar-refractivity contribution >= 4 is 5.91 Å². The Morgan fingerprint density at radius 3 is 2.00 bits per heavy atom. The Bertz CT molecular complexity index is 194. The van der Waals surface area contributed by atoms with Crippen LogP contribution >= 0.6 is 0 Å². The fourth-order valence-electron chi connectivity index (χ4n) is 0.913. The Morgan fingerprint density at radius 2 is 1.77 bits per heavy atom. The van der Waals surface area contributed by atoms with Crippen LogP contribution in [-0.2, 0) is 4.79 Å². The van der Waals surface area contributed by atoms with E-state index in [1.807, 2.05) is 0 Å². The second-order valence-corrected chi connectivity index (χ2v) is 5.04. The summed E-state index contributed by atoms with van der Waals surface area (Å²) in [6, 6.07) is -0.549. The molecule has 0 unspecified atom stereocenters. The fourth-order valence-corrected chi connectivity index (χ4v) is 0.913. The first-order valence-electron chi connectivity index (χ1n) is 4.44. The number of nitrogens with two attached hydrogens (primary N) is 2. The molecule has 0 aliphatic rings. The van der Waals surface area contributed by atoms with Gasteiger partial charge in [0.15, 0.2) is 0 Å². The molecule has 4 N–H and O–H groups in total. The van der Waals surface area contributed by atoms with Crippen LogP contribution in [0.25, 0.3) is 0 Å². The largest absolute Gasteiger partial charge is 0.368 e. The first kappa shape index (κ1) is 12.4. The van der Waals surface area contributed by atoms with Gasteiger partial charge >= 0.3 is 0 Å². The number of carbonyl (C=O) groups is 1. The van der Waals surface area contributed by atoms with Crippen molar-refractivity contribution in [1.82, 2.24) is 0 Å². The van der Waals surface area contributed by atoms with E-state index in [-0.39, 0.29) is 5.54 Å². The van der Waals surface area contributed by atoms with Gasteiger partial charge in [-0.05, 0) is 13.8 Å². The second kappa shape index (κ2) is 3.64. The second-order valence-electron chi connectivity index (χ2n) is 5.04. The average molecular weight is 188 g/mol. The smallest absolute Gasteiger partial charge is 0.234 e. The van der Waals surface area contributed by atoms with Crippen molar-refractivity contribution in [3.63, 3.8) is 0 Å². The number of nitrogens with zero attached hydrogens (tertiary/aromatic N) is 1. The summed E-state index contributed by atoms with van der Waals surface area (Å²) in [5.74, 6) is -0.429. The number of primary amides is 1. The number of rotatable bonds is 4. The SMILES string of the molecule is CC(C)(C[C@H](N)C(N)=O)[N+](C)(C)C. The van der Waals surface area contributed by atoms with Crippen LogP contribution in [0, 0.1) is 0 Å². The third-order valence-electron chi connectivity index (χ3n) is 2.90. The Hall–Kier alpha value is -0.610. The summed E-state index contributed by atoms with van der Waals surface area (Å²) in [5, 5.41) is 0. The molecule has 1 atom stereocenters. The summed E-state index contributed by atoms with van der Waals surface area (Å²) in [4.78, 5) is 10.8. The van der Waals surface area contributed by atoms with Crippen molar-refractivity contribution < 1.29 is 9.28 Å². The Kier molecular flexibility index (Phi) is 3.47. The van der Waals surface area contributed by atoms with Crippen LogP contribution in [0.3, 0.4) is 0 Å². The molecule has 0 saturated carbocycles. The molecule has 13 heavy (non-hydrogen) atoms. The average Bonchev–Trinajstić information content (AvgIpc) is 1.83. The standard InChI is InChI=1S/C9H21N3O/c1-9(2,12(3,4)5)6-7(10)8(11)13/h7H,6,10H2,1-5H3,(H-,11,13)/p+1/t7-/m0/s1. The van der Waals surface area contributed by atoms with Crippen molar-refractivity contribution in [2.45, 2.75) is 31.8 Å². The summed E-state index contributed by atoms with van der Waals surface area (Å²) >= 11 is 0. The van der Waals surface area contributed by atoms with Gasteiger partial charge in [0.25, 0.3) is 0 Å². The monoisotopic (exact) mass is 188 g/mol. The molecule has 0 aromatic heterocycles. The highest BCUT2D eigenvalue weighted by Crippen LogP contribution is 2.22. The summed E-state index contributed by atoms with van der Waals surface area (Å²) in [5.41, 5.74) is 10.7. The molecular formula is C9H22N3O+. The number of carbonyl (C=O) groups excluding carboxylic acids is 1. The number of hydrogen-bond acceptors (Lipinski definition) is 2. The lowest BCUT2D eigenvalue weighted by atomic mass is 9.92. The summed E-state index contributed by atoms with van der Waals surface area (Å²) < 4.78 is 0.758. The van der Waals surface area contributed by atoms with Crippen molar-refractivity contribution in [1.29, 1.82) is 0 Å². The number of quaternary nitrogens is 1. The van der Waals surface area contributed by atoms with E-state index in [2.05, 4.69) is 35.0 Å². The maximum absolute atomic E-state index is 10.8. The predicted molar refractivity (Wildman–Crippen MR) is 53.9 cm³/mol. The van der Waals surface area contributed by atoms with Crippen molar-refractivity contribution in [3.05, 3.63) is 0 Å². The van der Waals surface area contributed by atoms with Crippen LogP contribution in [-0.4, -0.2) is 43.1 Å². The van der Waals surface area contributed by atoms with E-state index < -0.39 is 11.9 Å². The topological polar surface area (TPSA) is 69.1 Å². The minimum atomic E-state index is -0.549. The van der Waals surface area contributed by atoms with Crippen molar-refractivity contribution in [2.24, 2.45) is 11.5 Å². The zero-order valence-corrected chi connectivity index (χ0v) is 9.29. The molecule has 0 fully saturated rings. The molecular weight excluding hydrogens is 166 g/mol. The Balaban J connectivity index is 4.43. The minimum Gasteiger partial charge on any atom is -0.368 e. The van der Waals surface area contributed by atoms with Crippen LogP contribution < -0.4 is 11.5 Å². The van der Waals surface area contributed by atoms with Gasteiger partial charge in [-0.1, -0.05) is 0 Å². The van der Waals surface area contributed by atoms with E-state index in [0.29, 0.717) is 6.42 Å². The highest BCUT2D eigenvalue weighted by atomic mass is 16.1. The van der Waals surface area contributed by atoms with Crippen LogP contribution in [0.2, 0.25) is 0 Å². The van der Waals surface area contributed by atoms with Gasteiger partial charge in [0.1, 0.15) is 0 Å². The molecule has 0 spiro atoms. The third kappa shape index (κ3) is 3.32. The van der Waals surface area contributed by atoms with Gasteiger partial charge in [0.05, 0.1) is 32.7 Å². The minimum absolute atomic E-state index is 0.0472. The first-order chi connectivity index (χ1) is 5.58. The van der Waals surface area contributed by atoms with Crippen LogP contribution in [0.4, 0.5) is 0 Å². The van der Waals surface area contributed by atoms with Crippen LogP contribution in [0.1, 0.15) is 20.3 Å². The highest BCUT2D eigenvalue weighted by Gasteiger charge is 2.35. The van der Waals surface area contributed by atoms with Crippen molar-refractivity contribution in [3.8, 4) is 0 Å². The Morgan fingerprint density at radius 1 is 1.38 bits per heavy atom. The molecule has 0 aromatic rings. The summed E-state index contributed by atoms with van der Waals surface area (Å²) in [6.45, 7) is 4.16. The molecule has 0 radical (unpaired) electrons. The van der Waals surface area contributed by atoms with E-state index in [1.54, 1.807) is 0 Å². The molecule has 0 rings (SSSR count). The molecule has 0 aliphatic heterocycles. The maximum Gasteiger partial charge on any atom is 0.234 e. The van der Waals surface area contributed by atoms with E-state index in [0.717, 1.165) is 4.48 Å². The molecule has 0 bridgehead atoms. The van der Waals surface area contributed by atoms with Gasteiger partial charge in [0.2, 0.25) is 5.91 Å². The molecule has 0 aromatic carbocycles. The van der Waals surface area contributed by atoms with E-state index in [1.165, 1.54) is 0 Å². The molecule has 78 valence electrons. The van der Waals surface area contributed by atoms with Crippen LogP contribution in [0.5, 0.6) is 0 Å². The molecule has 0 aliphatic carbocycles. The third-order valence-corrected chi connectivity index (χ3v) is 2.90. The summed E-state index contributed by atoms with van der Waals surface area (Å²) in [7, 11) is 6.23. The number of hydrogen-bond donors (Lipinski definition) is 2. The number of amides is 1. The molecule has 4 nitrogen and oxygen atoms in total. The maximum atomic E-state index is 10.8. The first-order valence-corrected chi connectivity index (χ1v) is 4.44. The summed E-state index contributed by atoms with van der Waals surface area (Å²) in [6.07, 6.45) is 0.603. The van der Waals surface area contributed by atoms with E-state index in [9.17, 15) is 4.79 Å². The molecule has 0 saturated heterocycles. The van der Waals surface area contributed by atoms with Gasteiger partial charge in [-0.25, -0.2) is 0 Å². The van der Waals surface area contributed by atoms with Gasteiger partial charge in [0, 0.05) is 6.42 Å². The fraction of sp³-hybridized carbons (Fsp3) is 0.889. The quantitative estimate of drug-likeness (QED) is 0.593. The predicted octanol–water partition coefficient (Wildman–Crippen LogP) is -0.326. The molecule has 4 heteroatoms. The zero-order chi connectivity index (χ0) is 10.9. The van der Waals surface area contributed by atoms with Crippen LogP contribution in [0.15, 0.2) is 0 Å². The molecule has 0 heterocycles.